The summed E-state index contributed by atoms with van der Waals surface area (Å²) in [4.78, 5) is 27.2. The minimum atomic E-state index is 0.0707. The lowest BCUT2D eigenvalue weighted by Gasteiger charge is -2.42. The monoisotopic (exact) mass is 368 g/mol. The number of aromatic nitrogens is 1. The van der Waals surface area contributed by atoms with Crippen molar-refractivity contribution in [2.45, 2.75) is 18.9 Å². The van der Waals surface area contributed by atoms with Crippen LogP contribution in [0.1, 0.15) is 28.4 Å². The first-order valence-electron chi connectivity index (χ1n) is 9.26. The van der Waals surface area contributed by atoms with Crippen molar-refractivity contribution in [3.05, 3.63) is 58.0 Å². The molecule has 0 amide bonds. The molecule has 6 nitrogen and oxygen atoms in total. The molecule has 1 unspecified atom stereocenters. The molecule has 142 valence electrons. The Morgan fingerprint density at radius 3 is 2.67 bits per heavy atom. The zero-order valence-electron chi connectivity index (χ0n) is 15.7. The van der Waals surface area contributed by atoms with E-state index in [2.05, 4.69) is 4.90 Å². The van der Waals surface area contributed by atoms with E-state index in [0.29, 0.717) is 35.4 Å². The van der Waals surface area contributed by atoms with Crippen LogP contribution in [0.4, 0.5) is 0 Å². The van der Waals surface area contributed by atoms with Crippen molar-refractivity contribution < 1.29 is 14.3 Å². The SMILES string of the molecule is COc1ccc(C(=O)CN2CC3C[C@@H](C2)c2cccc(=O)n2C3)cc1OC. The highest BCUT2D eigenvalue weighted by Crippen LogP contribution is 2.35. The van der Waals surface area contributed by atoms with Gasteiger partial charge in [0.25, 0.3) is 5.56 Å². The first-order chi connectivity index (χ1) is 13.1. The number of methoxy groups -OCH3 is 2. The van der Waals surface area contributed by atoms with Crippen LogP contribution >= 0.6 is 0 Å². The summed E-state index contributed by atoms with van der Waals surface area (Å²) in [5.74, 6) is 1.97. The van der Waals surface area contributed by atoms with E-state index in [1.165, 1.54) is 0 Å². The third kappa shape index (κ3) is 3.37. The zero-order valence-corrected chi connectivity index (χ0v) is 15.7. The fourth-order valence-electron chi connectivity index (χ4n) is 4.43. The Labute approximate surface area is 158 Å². The Balaban J connectivity index is 1.50. The molecule has 0 aliphatic carbocycles. The number of benzene rings is 1. The van der Waals surface area contributed by atoms with Gasteiger partial charge in [-0.1, -0.05) is 6.07 Å². The lowest BCUT2D eigenvalue weighted by Crippen LogP contribution is -2.48. The van der Waals surface area contributed by atoms with E-state index >= 15 is 0 Å². The third-order valence-corrected chi connectivity index (χ3v) is 5.63. The zero-order chi connectivity index (χ0) is 19.0. The Bertz CT molecular complexity index is 921. The number of carbonyl (C=O) groups excluding carboxylic acids is 1. The number of nitrogens with zero attached hydrogens (tertiary/aromatic N) is 2. The Hall–Kier alpha value is -2.60. The van der Waals surface area contributed by atoms with Gasteiger partial charge >= 0.3 is 0 Å². The highest BCUT2D eigenvalue weighted by atomic mass is 16.5. The van der Waals surface area contributed by atoms with E-state index in [-0.39, 0.29) is 11.3 Å². The van der Waals surface area contributed by atoms with Crippen LogP contribution in [0.3, 0.4) is 0 Å². The number of ketones is 1. The number of hydrogen-bond donors (Lipinski definition) is 0. The summed E-state index contributed by atoms with van der Waals surface area (Å²) in [7, 11) is 3.15. The van der Waals surface area contributed by atoms with Gasteiger partial charge in [-0.15, -0.1) is 0 Å². The maximum atomic E-state index is 12.8. The van der Waals surface area contributed by atoms with Crippen LogP contribution in [-0.4, -0.2) is 49.1 Å². The summed E-state index contributed by atoms with van der Waals surface area (Å²) in [6.45, 7) is 2.77. The Kier molecular flexibility index (Phi) is 4.74. The number of rotatable bonds is 5. The summed E-state index contributed by atoms with van der Waals surface area (Å²) >= 11 is 0. The highest BCUT2D eigenvalue weighted by Gasteiger charge is 2.35. The van der Waals surface area contributed by atoms with Crippen LogP contribution in [0.25, 0.3) is 0 Å². The molecule has 1 aromatic heterocycles. The van der Waals surface area contributed by atoms with Gasteiger partial charge in [-0.3, -0.25) is 14.5 Å². The lowest BCUT2D eigenvalue weighted by atomic mass is 9.83. The van der Waals surface area contributed by atoms with Crippen molar-refractivity contribution in [1.29, 1.82) is 0 Å². The van der Waals surface area contributed by atoms with Gasteiger partial charge < -0.3 is 14.0 Å². The van der Waals surface area contributed by atoms with E-state index < -0.39 is 0 Å². The van der Waals surface area contributed by atoms with E-state index in [1.54, 1.807) is 38.5 Å². The molecule has 0 N–H and O–H groups in total. The molecule has 2 aliphatic heterocycles. The first-order valence-corrected chi connectivity index (χ1v) is 9.26. The van der Waals surface area contributed by atoms with Crippen molar-refractivity contribution in [2.75, 3.05) is 33.9 Å². The number of carbonyl (C=O) groups is 1. The predicted molar refractivity (Wildman–Crippen MR) is 102 cm³/mol. The maximum absolute atomic E-state index is 12.8. The number of likely N-dealkylation sites (tertiary alicyclic amines) is 1. The molecule has 0 spiro atoms. The second kappa shape index (κ2) is 7.19. The lowest BCUT2D eigenvalue weighted by molar-refractivity contribution is 0.0817. The van der Waals surface area contributed by atoms with E-state index in [0.717, 1.165) is 31.7 Å². The van der Waals surface area contributed by atoms with Crippen LogP contribution in [0.15, 0.2) is 41.2 Å². The number of fused-ring (bicyclic) bond motifs is 4. The second-order valence-corrected chi connectivity index (χ2v) is 7.39. The largest absolute Gasteiger partial charge is 0.493 e. The normalized spacial score (nSPS) is 21.4. The van der Waals surface area contributed by atoms with Crippen molar-refractivity contribution in [3.63, 3.8) is 0 Å². The average Bonchev–Trinajstić information content (AvgIpc) is 2.68. The highest BCUT2D eigenvalue weighted by molar-refractivity contribution is 5.98. The Morgan fingerprint density at radius 2 is 1.89 bits per heavy atom. The van der Waals surface area contributed by atoms with Gasteiger partial charge in [0.2, 0.25) is 0 Å². The molecule has 1 fully saturated rings. The quantitative estimate of drug-likeness (QED) is 0.757. The first kappa shape index (κ1) is 17.8. The van der Waals surface area contributed by atoms with Crippen LogP contribution in [0.2, 0.25) is 0 Å². The molecule has 0 radical (unpaired) electrons. The van der Waals surface area contributed by atoms with Gasteiger partial charge in [-0.05, 0) is 36.6 Å². The van der Waals surface area contributed by atoms with Crippen molar-refractivity contribution >= 4 is 5.78 Å². The maximum Gasteiger partial charge on any atom is 0.250 e. The summed E-state index contributed by atoms with van der Waals surface area (Å²) in [6, 6.07) is 10.8. The van der Waals surface area contributed by atoms with Gasteiger partial charge in [0.15, 0.2) is 17.3 Å². The van der Waals surface area contributed by atoms with Gasteiger partial charge in [0, 0.05) is 42.9 Å². The van der Waals surface area contributed by atoms with Crippen molar-refractivity contribution in [2.24, 2.45) is 5.92 Å². The molecule has 1 aromatic carbocycles. The van der Waals surface area contributed by atoms with E-state index in [9.17, 15) is 9.59 Å². The average molecular weight is 368 g/mol. The topological polar surface area (TPSA) is 60.8 Å². The molecule has 3 heterocycles. The molecule has 27 heavy (non-hydrogen) atoms. The van der Waals surface area contributed by atoms with Crippen LogP contribution in [0, 0.1) is 5.92 Å². The molecule has 2 atom stereocenters. The number of piperidine rings is 1. The minimum absolute atomic E-state index is 0.0707. The molecule has 2 aliphatic rings. The standard InChI is InChI=1S/C21H24N2O4/c1-26-19-7-6-15(9-20(19)27-2)18(24)13-22-10-14-8-16(12-22)17-4-3-5-21(25)23(17)11-14/h3-7,9,14,16H,8,10-13H2,1-2H3/t14?,16-/m0/s1. The van der Waals surface area contributed by atoms with E-state index in [1.807, 2.05) is 16.7 Å². The summed E-state index contributed by atoms with van der Waals surface area (Å²) in [6.07, 6.45) is 1.09. The fourth-order valence-corrected chi connectivity index (χ4v) is 4.43. The number of ether oxygens (including phenoxy) is 2. The summed E-state index contributed by atoms with van der Waals surface area (Å²) in [5.41, 5.74) is 1.80. The molecule has 6 heteroatoms. The number of hydrogen-bond acceptors (Lipinski definition) is 5. The molecule has 4 rings (SSSR count). The van der Waals surface area contributed by atoms with Crippen molar-refractivity contribution in [3.8, 4) is 11.5 Å². The molecular formula is C21H24N2O4. The second-order valence-electron chi connectivity index (χ2n) is 7.39. The fraction of sp³-hybridized carbons (Fsp3) is 0.429. The molecule has 2 aromatic rings. The molecule has 0 saturated carbocycles. The van der Waals surface area contributed by atoms with Gasteiger partial charge in [-0.2, -0.15) is 0 Å². The Morgan fingerprint density at radius 1 is 1.07 bits per heavy atom. The van der Waals surface area contributed by atoms with E-state index in [4.69, 9.17) is 9.47 Å². The number of Topliss-reactive ketones (excluding diaryl/α,β-unsaturated/α-hetero) is 1. The molecule has 1 saturated heterocycles. The molecular weight excluding hydrogens is 344 g/mol. The summed E-state index contributed by atoms with van der Waals surface area (Å²) < 4.78 is 12.5. The van der Waals surface area contributed by atoms with Crippen LogP contribution < -0.4 is 15.0 Å². The minimum Gasteiger partial charge on any atom is -0.493 e. The van der Waals surface area contributed by atoms with Gasteiger partial charge in [0.05, 0.1) is 20.8 Å². The van der Waals surface area contributed by atoms with Gasteiger partial charge in [0.1, 0.15) is 0 Å². The van der Waals surface area contributed by atoms with Gasteiger partial charge in [-0.25, -0.2) is 0 Å². The van der Waals surface area contributed by atoms with Crippen LogP contribution in [0.5, 0.6) is 11.5 Å². The molecule has 2 bridgehead atoms. The summed E-state index contributed by atoms with van der Waals surface area (Å²) in [5, 5.41) is 0. The predicted octanol–water partition coefficient (Wildman–Crippen LogP) is 2.17. The van der Waals surface area contributed by atoms with Crippen molar-refractivity contribution in [1.82, 2.24) is 9.47 Å². The number of pyridine rings is 1. The van der Waals surface area contributed by atoms with Crippen LogP contribution in [-0.2, 0) is 6.54 Å². The smallest absolute Gasteiger partial charge is 0.250 e. The third-order valence-electron chi connectivity index (χ3n) is 5.63.